The van der Waals surface area contributed by atoms with Gasteiger partial charge in [-0.15, -0.1) is 0 Å². The number of aromatic nitrogens is 2. The fourth-order valence-corrected chi connectivity index (χ4v) is 3.20. The van der Waals surface area contributed by atoms with Crippen LogP contribution in [0.1, 0.15) is 51.8 Å². The molecule has 0 amide bonds. The van der Waals surface area contributed by atoms with E-state index in [0.717, 1.165) is 31.9 Å². The van der Waals surface area contributed by atoms with Gasteiger partial charge < -0.3 is 5.32 Å². The number of nitrogens with zero attached hydrogens (tertiary/aromatic N) is 2. The number of hydrogen-bond donors (Lipinski definition) is 1. The topological polar surface area (TPSA) is 29.9 Å². The molecule has 1 fully saturated rings. The summed E-state index contributed by atoms with van der Waals surface area (Å²) in [6, 6.07) is 1.18. The van der Waals surface area contributed by atoms with Gasteiger partial charge in [-0.25, -0.2) is 0 Å². The molecule has 1 aliphatic carbocycles. The molecule has 0 aromatic carbocycles. The van der Waals surface area contributed by atoms with Crippen LogP contribution in [0, 0.1) is 5.41 Å². The Balaban J connectivity index is 2.27. The van der Waals surface area contributed by atoms with E-state index >= 15 is 0 Å². The van der Waals surface area contributed by atoms with Crippen LogP contribution in [0.25, 0.3) is 0 Å². The lowest BCUT2D eigenvalue weighted by Gasteiger charge is -2.44. The fraction of sp³-hybridized carbons (Fsp3) is 0.786. The van der Waals surface area contributed by atoms with Crippen LogP contribution in [0.4, 0.5) is 13.2 Å². The molecule has 0 aliphatic heterocycles. The van der Waals surface area contributed by atoms with Gasteiger partial charge in [0.05, 0.1) is 6.04 Å². The molecule has 114 valence electrons. The molecule has 1 saturated carbocycles. The van der Waals surface area contributed by atoms with Crippen LogP contribution in [0.2, 0.25) is 0 Å². The molecule has 3 nitrogen and oxygen atoms in total. The summed E-state index contributed by atoms with van der Waals surface area (Å²) in [7, 11) is 0. The number of nitrogens with one attached hydrogen (secondary N) is 1. The highest BCUT2D eigenvalue weighted by Crippen LogP contribution is 2.41. The standard InChI is InChI=1S/C14H22F3N3/c1-4-18-12-10(6-5-8-13(12,2)3)20-9-7-11(19-20)14(15,16)17/h7,9-10,12,18H,4-6,8H2,1-3H3. The second-order valence-electron chi connectivity index (χ2n) is 6.16. The van der Waals surface area contributed by atoms with E-state index in [1.807, 2.05) is 6.92 Å². The lowest BCUT2D eigenvalue weighted by molar-refractivity contribution is -0.141. The van der Waals surface area contributed by atoms with Crippen LogP contribution in [0.5, 0.6) is 0 Å². The molecule has 0 radical (unpaired) electrons. The van der Waals surface area contributed by atoms with Crippen molar-refractivity contribution in [1.29, 1.82) is 0 Å². The second-order valence-corrected chi connectivity index (χ2v) is 6.16. The van der Waals surface area contributed by atoms with Gasteiger partial charge in [0.15, 0.2) is 5.69 Å². The van der Waals surface area contributed by atoms with Gasteiger partial charge in [-0.2, -0.15) is 18.3 Å². The maximum atomic E-state index is 12.7. The molecule has 2 rings (SSSR count). The van der Waals surface area contributed by atoms with E-state index in [9.17, 15) is 13.2 Å². The first-order chi connectivity index (χ1) is 9.25. The first-order valence-electron chi connectivity index (χ1n) is 7.11. The van der Waals surface area contributed by atoms with Crippen molar-refractivity contribution in [2.75, 3.05) is 6.54 Å². The molecule has 1 aromatic rings. The average molecular weight is 289 g/mol. The Bertz CT molecular complexity index is 451. The maximum Gasteiger partial charge on any atom is 0.435 e. The van der Waals surface area contributed by atoms with Crippen molar-refractivity contribution in [3.05, 3.63) is 18.0 Å². The second kappa shape index (κ2) is 5.39. The van der Waals surface area contributed by atoms with Gasteiger partial charge in [-0.1, -0.05) is 27.2 Å². The maximum absolute atomic E-state index is 12.7. The zero-order valence-electron chi connectivity index (χ0n) is 12.2. The zero-order valence-corrected chi connectivity index (χ0v) is 12.2. The summed E-state index contributed by atoms with van der Waals surface area (Å²) in [6.45, 7) is 7.16. The first kappa shape index (κ1) is 15.4. The van der Waals surface area contributed by atoms with Crippen molar-refractivity contribution in [3.63, 3.8) is 0 Å². The van der Waals surface area contributed by atoms with E-state index in [0.29, 0.717) is 0 Å². The molecule has 1 aromatic heterocycles. The van der Waals surface area contributed by atoms with E-state index in [1.54, 1.807) is 0 Å². The quantitative estimate of drug-likeness (QED) is 0.921. The molecule has 0 bridgehead atoms. The third kappa shape index (κ3) is 3.00. The highest BCUT2D eigenvalue weighted by molar-refractivity contribution is 5.06. The predicted octanol–water partition coefficient (Wildman–Crippen LogP) is 3.63. The van der Waals surface area contributed by atoms with Crippen molar-refractivity contribution in [2.24, 2.45) is 5.41 Å². The zero-order chi connectivity index (χ0) is 15.0. The molecule has 2 unspecified atom stereocenters. The summed E-state index contributed by atoms with van der Waals surface area (Å²) in [4.78, 5) is 0. The molecule has 1 heterocycles. The number of rotatable bonds is 3. The summed E-state index contributed by atoms with van der Waals surface area (Å²) in [5.41, 5.74) is -0.750. The lowest BCUT2D eigenvalue weighted by atomic mass is 9.70. The van der Waals surface area contributed by atoms with Gasteiger partial charge in [-0.05, 0) is 30.9 Å². The molecule has 20 heavy (non-hydrogen) atoms. The number of hydrogen-bond acceptors (Lipinski definition) is 2. The minimum absolute atomic E-state index is 0.0187. The Morgan fingerprint density at radius 3 is 2.70 bits per heavy atom. The van der Waals surface area contributed by atoms with Crippen LogP contribution >= 0.6 is 0 Å². The van der Waals surface area contributed by atoms with Gasteiger partial charge >= 0.3 is 6.18 Å². The Labute approximate surface area is 117 Å². The van der Waals surface area contributed by atoms with Crippen LogP contribution in [-0.2, 0) is 6.18 Å². The Hall–Kier alpha value is -1.04. The van der Waals surface area contributed by atoms with Crippen molar-refractivity contribution in [1.82, 2.24) is 15.1 Å². The Morgan fingerprint density at radius 2 is 2.15 bits per heavy atom. The molecular formula is C14H22F3N3. The SMILES string of the molecule is CCNC1C(n2ccc(C(F)(F)F)n2)CCCC1(C)C. The monoisotopic (exact) mass is 289 g/mol. The van der Waals surface area contributed by atoms with Crippen LogP contribution in [0.3, 0.4) is 0 Å². The molecule has 0 saturated heterocycles. The third-order valence-electron chi connectivity index (χ3n) is 4.21. The van der Waals surface area contributed by atoms with Crippen molar-refractivity contribution >= 4 is 0 Å². The minimum atomic E-state index is -4.37. The fourth-order valence-electron chi connectivity index (χ4n) is 3.20. The summed E-state index contributed by atoms with van der Waals surface area (Å²) in [5, 5.41) is 7.18. The van der Waals surface area contributed by atoms with Crippen LogP contribution in [0.15, 0.2) is 12.3 Å². The average Bonchev–Trinajstić information content (AvgIpc) is 2.80. The molecular weight excluding hydrogens is 267 g/mol. The predicted molar refractivity (Wildman–Crippen MR) is 71.4 cm³/mol. The smallest absolute Gasteiger partial charge is 0.312 e. The van der Waals surface area contributed by atoms with Gasteiger partial charge in [-0.3, -0.25) is 4.68 Å². The largest absolute Gasteiger partial charge is 0.435 e. The molecule has 1 N–H and O–H groups in total. The van der Waals surface area contributed by atoms with Gasteiger partial charge in [0.2, 0.25) is 0 Å². The first-order valence-corrected chi connectivity index (χ1v) is 7.11. The highest BCUT2D eigenvalue weighted by atomic mass is 19.4. The summed E-state index contributed by atoms with van der Waals surface area (Å²) >= 11 is 0. The number of alkyl halides is 3. The normalized spacial score (nSPS) is 26.7. The molecule has 6 heteroatoms. The molecule has 1 aliphatic rings. The van der Waals surface area contributed by atoms with Gasteiger partial charge in [0, 0.05) is 12.2 Å². The summed E-state index contributed by atoms with van der Waals surface area (Å²) in [5.74, 6) is 0. The van der Waals surface area contributed by atoms with E-state index < -0.39 is 11.9 Å². The van der Waals surface area contributed by atoms with Crippen molar-refractivity contribution in [2.45, 2.75) is 58.3 Å². The Morgan fingerprint density at radius 1 is 1.45 bits per heavy atom. The lowest BCUT2D eigenvalue weighted by Crippen LogP contribution is -2.50. The van der Waals surface area contributed by atoms with Crippen LogP contribution in [-0.4, -0.2) is 22.4 Å². The van der Waals surface area contributed by atoms with Crippen LogP contribution < -0.4 is 5.32 Å². The number of halogens is 3. The van der Waals surface area contributed by atoms with E-state index in [4.69, 9.17) is 0 Å². The molecule has 0 spiro atoms. The van der Waals surface area contributed by atoms with E-state index in [1.165, 1.54) is 10.9 Å². The third-order valence-corrected chi connectivity index (χ3v) is 4.21. The Kier molecular flexibility index (Phi) is 4.14. The number of likely N-dealkylation sites (N-methyl/N-ethyl adjacent to an activating group) is 1. The summed E-state index contributed by atoms with van der Waals surface area (Å²) < 4.78 is 39.5. The summed E-state index contributed by atoms with van der Waals surface area (Å²) in [6.07, 6.45) is 0.0394. The van der Waals surface area contributed by atoms with Crippen molar-refractivity contribution in [3.8, 4) is 0 Å². The van der Waals surface area contributed by atoms with E-state index in [-0.39, 0.29) is 17.5 Å². The highest BCUT2D eigenvalue weighted by Gasteiger charge is 2.41. The molecule has 2 atom stereocenters. The van der Waals surface area contributed by atoms with Gasteiger partial charge in [0.1, 0.15) is 0 Å². The van der Waals surface area contributed by atoms with Crippen molar-refractivity contribution < 1.29 is 13.2 Å². The van der Waals surface area contributed by atoms with E-state index in [2.05, 4.69) is 24.3 Å². The minimum Gasteiger partial charge on any atom is -0.312 e. The van der Waals surface area contributed by atoms with Gasteiger partial charge in [0.25, 0.3) is 0 Å².